The maximum absolute atomic E-state index is 13.3. The standard InChI is InChI=1S/C26H22N2O6/c1-32-19-10-8-17(9-11-19)14-24(29)34-16-22-25(26(30)18-6-4-3-5-7-18)28(31)23-15-20(33-2)12-13-21(23)27-22/h3-13,15H,14,16H2,1-2H3. The van der Waals surface area contributed by atoms with Crippen LogP contribution in [0.1, 0.15) is 27.3 Å². The van der Waals surface area contributed by atoms with Crippen LogP contribution in [-0.2, 0) is 22.6 Å². The van der Waals surface area contributed by atoms with Crippen molar-refractivity contribution < 1.29 is 28.5 Å². The molecule has 0 saturated heterocycles. The summed E-state index contributed by atoms with van der Waals surface area (Å²) in [6, 6.07) is 20.2. The first-order chi connectivity index (χ1) is 16.5. The van der Waals surface area contributed by atoms with E-state index in [9.17, 15) is 14.8 Å². The fraction of sp³-hybridized carbons (Fsp3) is 0.154. The van der Waals surface area contributed by atoms with Crippen molar-refractivity contribution in [1.82, 2.24) is 4.98 Å². The summed E-state index contributed by atoms with van der Waals surface area (Å²) < 4.78 is 16.2. The fourth-order valence-electron chi connectivity index (χ4n) is 3.48. The van der Waals surface area contributed by atoms with Gasteiger partial charge in [-0.3, -0.25) is 9.59 Å². The summed E-state index contributed by atoms with van der Waals surface area (Å²) in [6.45, 7) is -0.326. The molecule has 34 heavy (non-hydrogen) atoms. The monoisotopic (exact) mass is 458 g/mol. The number of esters is 1. The molecule has 0 atom stereocenters. The largest absolute Gasteiger partial charge is 0.618 e. The summed E-state index contributed by atoms with van der Waals surface area (Å²) in [7, 11) is 3.04. The zero-order chi connectivity index (χ0) is 24.1. The number of carbonyl (C=O) groups is 2. The van der Waals surface area contributed by atoms with Crippen LogP contribution in [0.2, 0.25) is 0 Å². The molecule has 8 heteroatoms. The molecular formula is C26H22N2O6. The molecule has 4 aromatic rings. The van der Waals surface area contributed by atoms with E-state index in [-0.39, 0.29) is 29.9 Å². The van der Waals surface area contributed by atoms with Gasteiger partial charge in [0.25, 0.3) is 11.5 Å². The zero-order valence-corrected chi connectivity index (χ0v) is 18.7. The summed E-state index contributed by atoms with van der Waals surface area (Å²) in [5.41, 5.74) is 1.45. The van der Waals surface area contributed by atoms with Crippen molar-refractivity contribution in [3.8, 4) is 11.5 Å². The van der Waals surface area contributed by atoms with Gasteiger partial charge in [0.2, 0.25) is 5.52 Å². The average Bonchev–Trinajstić information content (AvgIpc) is 2.88. The third-order valence-electron chi connectivity index (χ3n) is 5.26. The molecule has 3 aromatic carbocycles. The summed E-state index contributed by atoms with van der Waals surface area (Å²) >= 11 is 0. The van der Waals surface area contributed by atoms with E-state index in [0.29, 0.717) is 27.3 Å². The quantitative estimate of drug-likeness (QED) is 0.173. The van der Waals surface area contributed by atoms with E-state index in [0.717, 1.165) is 5.56 Å². The van der Waals surface area contributed by atoms with Gasteiger partial charge in [0.1, 0.15) is 23.6 Å². The Bertz CT molecular complexity index is 1340. The first-order valence-corrected chi connectivity index (χ1v) is 10.5. The van der Waals surface area contributed by atoms with E-state index in [2.05, 4.69) is 4.98 Å². The van der Waals surface area contributed by atoms with Gasteiger partial charge in [-0.25, -0.2) is 4.98 Å². The van der Waals surface area contributed by atoms with Crippen LogP contribution in [0.5, 0.6) is 11.5 Å². The Morgan fingerprint density at radius 1 is 0.912 bits per heavy atom. The molecule has 0 radical (unpaired) electrons. The van der Waals surface area contributed by atoms with Gasteiger partial charge in [-0.2, -0.15) is 4.73 Å². The van der Waals surface area contributed by atoms with Crippen molar-refractivity contribution in [3.05, 3.63) is 101 Å². The fourth-order valence-corrected chi connectivity index (χ4v) is 3.48. The second-order valence-electron chi connectivity index (χ2n) is 7.44. The van der Waals surface area contributed by atoms with E-state index < -0.39 is 11.8 Å². The van der Waals surface area contributed by atoms with Crippen LogP contribution < -0.4 is 14.2 Å². The number of nitrogens with zero attached hydrogens (tertiary/aromatic N) is 2. The topological polar surface area (TPSA) is 102 Å². The van der Waals surface area contributed by atoms with E-state index in [4.69, 9.17) is 14.2 Å². The van der Waals surface area contributed by atoms with Crippen molar-refractivity contribution in [2.45, 2.75) is 13.0 Å². The molecule has 0 saturated carbocycles. The molecule has 1 heterocycles. The van der Waals surface area contributed by atoms with Crippen molar-refractivity contribution in [2.75, 3.05) is 14.2 Å². The Morgan fingerprint density at radius 3 is 2.26 bits per heavy atom. The van der Waals surface area contributed by atoms with Crippen LogP contribution in [0.15, 0.2) is 72.8 Å². The first-order valence-electron chi connectivity index (χ1n) is 10.5. The molecule has 8 nitrogen and oxygen atoms in total. The number of hydrogen-bond acceptors (Lipinski definition) is 7. The van der Waals surface area contributed by atoms with Crippen molar-refractivity contribution >= 4 is 22.8 Å². The normalized spacial score (nSPS) is 10.6. The molecule has 0 bridgehead atoms. The van der Waals surface area contributed by atoms with Gasteiger partial charge >= 0.3 is 5.97 Å². The third-order valence-corrected chi connectivity index (χ3v) is 5.26. The number of carbonyl (C=O) groups excluding carboxylic acids is 2. The zero-order valence-electron chi connectivity index (χ0n) is 18.7. The number of benzene rings is 3. The number of ketones is 1. The molecule has 4 rings (SSSR count). The van der Waals surface area contributed by atoms with Crippen molar-refractivity contribution in [1.29, 1.82) is 0 Å². The highest BCUT2D eigenvalue weighted by Gasteiger charge is 2.28. The smallest absolute Gasteiger partial charge is 0.310 e. The molecule has 0 amide bonds. The third kappa shape index (κ3) is 4.80. The van der Waals surface area contributed by atoms with E-state index >= 15 is 0 Å². The Hall–Kier alpha value is -4.46. The molecule has 0 aliphatic rings. The summed E-state index contributed by atoms with van der Waals surface area (Å²) in [5.74, 6) is 0.0974. The molecule has 0 aliphatic heterocycles. The molecule has 172 valence electrons. The number of ether oxygens (including phenoxy) is 3. The minimum absolute atomic E-state index is 0.0219. The van der Waals surface area contributed by atoms with Crippen molar-refractivity contribution in [2.24, 2.45) is 0 Å². The second-order valence-corrected chi connectivity index (χ2v) is 7.44. The Morgan fingerprint density at radius 2 is 1.59 bits per heavy atom. The number of methoxy groups -OCH3 is 2. The highest BCUT2D eigenvalue weighted by atomic mass is 16.5. The molecule has 0 fully saturated rings. The predicted molar refractivity (Wildman–Crippen MR) is 124 cm³/mol. The van der Waals surface area contributed by atoms with Crippen LogP contribution in [0.4, 0.5) is 0 Å². The number of hydrogen-bond donors (Lipinski definition) is 0. The van der Waals surface area contributed by atoms with Gasteiger partial charge in [-0.1, -0.05) is 42.5 Å². The number of aromatic nitrogens is 2. The SMILES string of the molecule is COc1ccc(CC(=O)OCc2nc3ccc(OC)cc3[n+]([O-])c2C(=O)c2ccccc2)cc1. The maximum atomic E-state index is 13.3. The van der Waals surface area contributed by atoms with Gasteiger partial charge in [0.05, 0.1) is 26.7 Å². The molecule has 1 aromatic heterocycles. The van der Waals surface area contributed by atoms with Crippen LogP contribution in [-0.4, -0.2) is 31.0 Å². The Kier molecular flexibility index (Phi) is 6.68. The summed E-state index contributed by atoms with van der Waals surface area (Å²) in [6.07, 6.45) is 0.0219. The van der Waals surface area contributed by atoms with Crippen molar-refractivity contribution in [3.63, 3.8) is 0 Å². The van der Waals surface area contributed by atoms with Gasteiger partial charge in [-0.15, -0.1) is 0 Å². The Balaban J connectivity index is 1.65. The average molecular weight is 458 g/mol. The van der Waals surface area contributed by atoms with Gasteiger partial charge in [0.15, 0.2) is 5.69 Å². The van der Waals surface area contributed by atoms with E-state index in [1.165, 1.54) is 13.2 Å². The summed E-state index contributed by atoms with van der Waals surface area (Å²) in [5, 5.41) is 13.3. The minimum Gasteiger partial charge on any atom is -0.618 e. The molecule has 0 N–H and O–H groups in total. The van der Waals surface area contributed by atoms with Crippen LogP contribution in [0.3, 0.4) is 0 Å². The van der Waals surface area contributed by atoms with E-state index in [1.807, 2.05) is 0 Å². The van der Waals surface area contributed by atoms with Gasteiger partial charge in [-0.05, 0) is 29.8 Å². The lowest BCUT2D eigenvalue weighted by Crippen LogP contribution is -2.38. The molecular weight excluding hydrogens is 436 g/mol. The molecule has 0 spiro atoms. The molecule has 0 aliphatic carbocycles. The Labute approximate surface area is 195 Å². The van der Waals surface area contributed by atoms with Crippen LogP contribution >= 0.6 is 0 Å². The minimum atomic E-state index is -0.519. The summed E-state index contributed by atoms with van der Waals surface area (Å²) in [4.78, 5) is 30.2. The number of fused-ring (bicyclic) bond motifs is 1. The lowest BCUT2D eigenvalue weighted by Gasteiger charge is -2.12. The van der Waals surface area contributed by atoms with Gasteiger partial charge in [0, 0.05) is 5.56 Å². The highest BCUT2D eigenvalue weighted by molar-refractivity contribution is 6.07. The molecule has 0 unspecified atom stereocenters. The number of rotatable bonds is 8. The van der Waals surface area contributed by atoms with E-state index in [1.54, 1.807) is 73.8 Å². The van der Waals surface area contributed by atoms with Gasteiger partial charge < -0.3 is 19.4 Å². The van der Waals surface area contributed by atoms with Crippen LogP contribution in [0, 0.1) is 5.21 Å². The van der Waals surface area contributed by atoms with Crippen LogP contribution in [0.25, 0.3) is 11.0 Å². The predicted octanol–water partition coefficient (Wildman–Crippen LogP) is 3.40. The highest BCUT2D eigenvalue weighted by Crippen LogP contribution is 2.20. The lowest BCUT2D eigenvalue weighted by molar-refractivity contribution is -0.580. The second kappa shape index (κ2) is 9.99. The lowest BCUT2D eigenvalue weighted by atomic mass is 10.1. The first kappa shape index (κ1) is 22.7. The maximum Gasteiger partial charge on any atom is 0.310 e.